The molecular formula is C32H34N2O7. The molecule has 0 aromatic heterocycles. The molecule has 0 bridgehead atoms. The maximum absolute atomic E-state index is 13.0. The molecule has 3 aromatic rings. The monoisotopic (exact) mass is 558 g/mol. The number of fused-ring (bicyclic) bond motifs is 3. The number of aliphatic carboxylic acids is 1. The van der Waals surface area contributed by atoms with Crippen molar-refractivity contribution < 1.29 is 33.8 Å². The van der Waals surface area contributed by atoms with Gasteiger partial charge in [0.2, 0.25) is 5.91 Å². The van der Waals surface area contributed by atoms with E-state index in [4.69, 9.17) is 14.6 Å². The summed E-state index contributed by atoms with van der Waals surface area (Å²) in [4.78, 5) is 49.4. The minimum Gasteiger partial charge on any atom is -0.481 e. The normalized spacial score (nSPS) is 13.3. The van der Waals surface area contributed by atoms with E-state index in [0.29, 0.717) is 6.42 Å². The summed E-state index contributed by atoms with van der Waals surface area (Å²) >= 11 is 0. The summed E-state index contributed by atoms with van der Waals surface area (Å²) in [5.74, 6) is -2.48. The number of carboxylic acid groups (broad SMARTS) is 1. The third kappa shape index (κ3) is 8.17. The summed E-state index contributed by atoms with van der Waals surface area (Å²) in [6.07, 6.45) is -0.827. The van der Waals surface area contributed by atoms with Crippen molar-refractivity contribution in [2.24, 2.45) is 5.92 Å². The SMILES string of the molecule is CC(CCNC(=O)[C@H](CC(=O)OCc1ccccc1)NC(=O)OCC1c2ccccc2-c2ccccc21)CC(=O)O. The number of carboxylic acids is 1. The van der Waals surface area contributed by atoms with Crippen molar-refractivity contribution in [3.05, 3.63) is 95.6 Å². The smallest absolute Gasteiger partial charge is 0.407 e. The highest BCUT2D eigenvalue weighted by atomic mass is 16.5. The predicted molar refractivity (Wildman–Crippen MR) is 152 cm³/mol. The highest BCUT2D eigenvalue weighted by molar-refractivity contribution is 5.89. The van der Waals surface area contributed by atoms with Crippen molar-refractivity contribution in [2.45, 2.75) is 44.8 Å². The molecule has 0 saturated heterocycles. The first-order valence-electron chi connectivity index (χ1n) is 13.6. The fourth-order valence-electron chi connectivity index (χ4n) is 4.92. The molecule has 3 N–H and O–H groups in total. The molecular weight excluding hydrogens is 524 g/mol. The van der Waals surface area contributed by atoms with Crippen molar-refractivity contribution in [3.8, 4) is 11.1 Å². The van der Waals surface area contributed by atoms with Gasteiger partial charge in [-0.15, -0.1) is 0 Å². The van der Waals surface area contributed by atoms with Crippen LogP contribution in [0.2, 0.25) is 0 Å². The van der Waals surface area contributed by atoms with Crippen LogP contribution in [0.1, 0.15) is 48.8 Å². The van der Waals surface area contributed by atoms with E-state index >= 15 is 0 Å². The minimum atomic E-state index is -1.23. The van der Waals surface area contributed by atoms with Gasteiger partial charge in [-0.05, 0) is 40.2 Å². The van der Waals surface area contributed by atoms with Gasteiger partial charge in [-0.25, -0.2) is 4.79 Å². The second-order valence-electron chi connectivity index (χ2n) is 10.2. The van der Waals surface area contributed by atoms with E-state index in [1.807, 2.05) is 78.9 Å². The summed E-state index contributed by atoms with van der Waals surface area (Å²) in [7, 11) is 0. The first-order chi connectivity index (χ1) is 19.8. The van der Waals surface area contributed by atoms with Crippen LogP contribution in [0.15, 0.2) is 78.9 Å². The van der Waals surface area contributed by atoms with Gasteiger partial charge in [-0.2, -0.15) is 0 Å². The van der Waals surface area contributed by atoms with E-state index < -0.39 is 36.4 Å². The van der Waals surface area contributed by atoms with E-state index in [1.165, 1.54) is 0 Å². The van der Waals surface area contributed by atoms with Crippen LogP contribution in [0.25, 0.3) is 11.1 Å². The van der Waals surface area contributed by atoms with Crippen LogP contribution in [0.5, 0.6) is 0 Å². The van der Waals surface area contributed by atoms with Gasteiger partial charge in [0.25, 0.3) is 0 Å². The Morgan fingerprint density at radius 2 is 1.44 bits per heavy atom. The Hall–Kier alpha value is -4.66. The highest BCUT2D eigenvalue weighted by Crippen LogP contribution is 2.44. The van der Waals surface area contributed by atoms with E-state index in [9.17, 15) is 19.2 Å². The zero-order valence-corrected chi connectivity index (χ0v) is 22.9. The second-order valence-corrected chi connectivity index (χ2v) is 10.2. The van der Waals surface area contributed by atoms with E-state index in [-0.39, 0.29) is 38.0 Å². The maximum Gasteiger partial charge on any atom is 0.407 e. The fraction of sp³-hybridized carbons (Fsp3) is 0.312. The third-order valence-corrected chi connectivity index (χ3v) is 7.03. The Bertz CT molecular complexity index is 1330. The Labute approximate surface area is 238 Å². The van der Waals surface area contributed by atoms with Crippen LogP contribution in [-0.2, 0) is 30.5 Å². The number of benzene rings is 3. The maximum atomic E-state index is 13.0. The van der Waals surface area contributed by atoms with Crippen molar-refractivity contribution >= 4 is 23.9 Å². The summed E-state index contributed by atoms with van der Waals surface area (Å²) in [6.45, 7) is 2.05. The molecule has 1 aliphatic carbocycles. The molecule has 1 unspecified atom stereocenters. The average Bonchev–Trinajstić information content (AvgIpc) is 3.28. The molecule has 2 amide bonds. The van der Waals surface area contributed by atoms with Gasteiger partial charge in [0.05, 0.1) is 6.42 Å². The quantitative estimate of drug-likeness (QED) is 0.260. The highest BCUT2D eigenvalue weighted by Gasteiger charge is 2.30. The number of hydrogen-bond acceptors (Lipinski definition) is 6. The van der Waals surface area contributed by atoms with Crippen molar-refractivity contribution in [2.75, 3.05) is 13.2 Å². The zero-order valence-electron chi connectivity index (χ0n) is 22.9. The number of amides is 2. The van der Waals surface area contributed by atoms with Gasteiger partial charge < -0.3 is 25.2 Å². The Morgan fingerprint density at radius 1 is 0.829 bits per heavy atom. The second kappa shape index (κ2) is 14.1. The summed E-state index contributed by atoms with van der Waals surface area (Å²) in [5.41, 5.74) is 5.07. The van der Waals surface area contributed by atoms with Gasteiger partial charge in [0.1, 0.15) is 19.3 Å². The lowest BCUT2D eigenvalue weighted by molar-refractivity contribution is -0.147. The number of nitrogens with one attached hydrogen (secondary N) is 2. The minimum absolute atomic E-state index is 0.0247. The van der Waals surface area contributed by atoms with Crippen molar-refractivity contribution in [1.82, 2.24) is 10.6 Å². The van der Waals surface area contributed by atoms with Crippen LogP contribution in [0.4, 0.5) is 4.79 Å². The fourth-order valence-corrected chi connectivity index (χ4v) is 4.92. The molecule has 4 rings (SSSR count). The third-order valence-electron chi connectivity index (χ3n) is 7.03. The van der Waals surface area contributed by atoms with Crippen LogP contribution in [-0.4, -0.2) is 48.2 Å². The topological polar surface area (TPSA) is 131 Å². The molecule has 214 valence electrons. The standard InChI is InChI=1S/C32H34N2O7/c1-21(17-29(35)36)15-16-33-31(38)28(18-30(37)40-19-22-9-3-2-4-10-22)34-32(39)41-20-27-25-13-7-5-11-23(25)24-12-6-8-14-26(24)27/h2-14,21,27-28H,15-20H2,1H3,(H,33,38)(H,34,39)(H,35,36)/t21?,28-/m0/s1. The first kappa shape index (κ1) is 29.3. The number of hydrogen-bond donors (Lipinski definition) is 3. The molecule has 2 atom stereocenters. The van der Waals surface area contributed by atoms with E-state index in [1.54, 1.807) is 6.92 Å². The number of esters is 1. The number of rotatable bonds is 13. The average molecular weight is 559 g/mol. The van der Waals surface area contributed by atoms with E-state index in [0.717, 1.165) is 27.8 Å². The van der Waals surface area contributed by atoms with Gasteiger partial charge in [0.15, 0.2) is 0 Å². The lowest BCUT2D eigenvalue weighted by atomic mass is 9.98. The van der Waals surface area contributed by atoms with Gasteiger partial charge in [-0.3, -0.25) is 14.4 Å². The van der Waals surface area contributed by atoms with Crippen molar-refractivity contribution in [1.29, 1.82) is 0 Å². The van der Waals surface area contributed by atoms with Crippen LogP contribution in [0, 0.1) is 5.92 Å². The molecule has 3 aromatic carbocycles. The molecule has 9 heteroatoms. The number of ether oxygens (including phenoxy) is 2. The summed E-state index contributed by atoms with van der Waals surface area (Å²) in [6, 6.07) is 23.8. The predicted octanol–water partition coefficient (Wildman–Crippen LogP) is 4.64. The van der Waals surface area contributed by atoms with Crippen LogP contribution in [0.3, 0.4) is 0 Å². The molecule has 0 saturated carbocycles. The number of carbonyl (C=O) groups is 4. The first-order valence-corrected chi connectivity index (χ1v) is 13.6. The van der Waals surface area contributed by atoms with Crippen LogP contribution < -0.4 is 10.6 Å². The zero-order chi connectivity index (χ0) is 29.2. The number of carbonyl (C=O) groups excluding carboxylic acids is 3. The Kier molecular flexibility index (Phi) is 10.1. The van der Waals surface area contributed by atoms with Crippen molar-refractivity contribution in [3.63, 3.8) is 0 Å². The molecule has 1 aliphatic rings. The molecule has 0 heterocycles. The number of alkyl carbamates (subject to hydrolysis) is 1. The summed E-state index contributed by atoms with van der Waals surface area (Å²) < 4.78 is 10.9. The van der Waals surface area contributed by atoms with Crippen LogP contribution >= 0.6 is 0 Å². The molecule has 0 radical (unpaired) electrons. The Balaban J connectivity index is 1.37. The largest absolute Gasteiger partial charge is 0.481 e. The van der Waals surface area contributed by atoms with Gasteiger partial charge in [0, 0.05) is 18.9 Å². The van der Waals surface area contributed by atoms with Gasteiger partial charge in [-0.1, -0.05) is 85.8 Å². The Morgan fingerprint density at radius 3 is 2.07 bits per heavy atom. The molecule has 9 nitrogen and oxygen atoms in total. The molecule has 0 aliphatic heterocycles. The summed E-state index contributed by atoms with van der Waals surface area (Å²) in [5, 5.41) is 14.2. The van der Waals surface area contributed by atoms with E-state index in [2.05, 4.69) is 10.6 Å². The molecule has 0 fully saturated rings. The van der Waals surface area contributed by atoms with Gasteiger partial charge >= 0.3 is 18.0 Å². The molecule has 41 heavy (non-hydrogen) atoms. The lowest BCUT2D eigenvalue weighted by Gasteiger charge is -2.20. The molecule has 0 spiro atoms. The lowest BCUT2D eigenvalue weighted by Crippen LogP contribution is -2.48.